The second kappa shape index (κ2) is 6.45. The Kier molecular flexibility index (Phi) is 4.85. The van der Waals surface area contributed by atoms with Gasteiger partial charge in [-0.2, -0.15) is 0 Å². The lowest BCUT2D eigenvalue weighted by atomic mass is 10.2. The molecule has 0 unspecified atom stereocenters. The number of nitrogens with zero attached hydrogens (tertiary/aromatic N) is 1. The summed E-state index contributed by atoms with van der Waals surface area (Å²) in [5.74, 6) is 5.12. The summed E-state index contributed by atoms with van der Waals surface area (Å²) in [6, 6.07) is 4.33. The van der Waals surface area contributed by atoms with Crippen molar-refractivity contribution in [2.45, 2.75) is 11.8 Å². The van der Waals surface area contributed by atoms with Gasteiger partial charge in [0, 0.05) is 16.6 Å². The Labute approximate surface area is 131 Å². The number of nitrogens with one attached hydrogen (secondary N) is 1. The summed E-state index contributed by atoms with van der Waals surface area (Å²) in [4.78, 5) is 4.80. The molecule has 110 valence electrons. The molecule has 0 aliphatic rings. The summed E-state index contributed by atoms with van der Waals surface area (Å²) in [6.07, 6.45) is 1.58. The zero-order chi connectivity index (χ0) is 15.5. The number of anilines is 1. The molecule has 0 amide bonds. The molecule has 0 aliphatic carbocycles. The summed E-state index contributed by atoms with van der Waals surface area (Å²) in [6.45, 7) is 1.56. The van der Waals surface area contributed by atoms with E-state index in [9.17, 15) is 8.42 Å². The van der Waals surface area contributed by atoms with Crippen molar-refractivity contribution in [2.24, 2.45) is 0 Å². The number of hydrogen-bond donors (Lipinski definition) is 2. The quantitative estimate of drug-likeness (QED) is 0.838. The molecule has 1 heterocycles. The Bertz CT molecular complexity index is 819. The lowest BCUT2D eigenvalue weighted by Gasteiger charge is -2.07. The van der Waals surface area contributed by atoms with Gasteiger partial charge in [-0.3, -0.25) is 4.72 Å². The zero-order valence-corrected chi connectivity index (χ0v) is 13.3. The van der Waals surface area contributed by atoms with E-state index >= 15 is 0 Å². The fourth-order valence-corrected chi connectivity index (χ4v) is 3.96. The third-order valence-corrected chi connectivity index (χ3v) is 5.16. The van der Waals surface area contributed by atoms with Gasteiger partial charge in [-0.1, -0.05) is 23.4 Å². The topological polar surface area (TPSA) is 79.3 Å². The highest BCUT2D eigenvalue weighted by Crippen LogP contribution is 2.26. The number of aliphatic hydroxyl groups excluding tert-OH is 1. The van der Waals surface area contributed by atoms with Crippen LogP contribution in [0.4, 0.5) is 5.13 Å². The van der Waals surface area contributed by atoms with Crippen LogP contribution < -0.4 is 4.72 Å². The molecular weight excluding hydrogens is 332 g/mol. The van der Waals surface area contributed by atoms with E-state index in [1.807, 2.05) is 6.92 Å². The lowest BCUT2D eigenvalue weighted by Crippen LogP contribution is -2.13. The number of halogens is 1. The maximum absolute atomic E-state index is 12.3. The van der Waals surface area contributed by atoms with Crippen LogP contribution in [0.1, 0.15) is 10.4 Å². The van der Waals surface area contributed by atoms with Crippen molar-refractivity contribution in [3.8, 4) is 11.8 Å². The molecule has 1 aromatic carbocycles. The van der Waals surface area contributed by atoms with Crippen LogP contribution in [0.25, 0.3) is 0 Å². The Hall–Kier alpha value is -1.59. The molecule has 0 radical (unpaired) electrons. The first-order valence-corrected chi connectivity index (χ1v) is 8.44. The van der Waals surface area contributed by atoms with Crippen molar-refractivity contribution < 1.29 is 13.5 Å². The van der Waals surface area contributed by atoms with Gasteiger partial charge in [0.1, 0.15) is 11.5 Å². The third-order valence-electron chi connectivity index (χ3n) is 2.38. The molecule has 0 spiro atoms. The first kappa shape index (κ1) is 15.8. The molecule has 2 N–H and O–H groups in total. The minimum atomic E-state index is -3.80. The van der Waals surface area contributed by atoms with E-state index in [1.54, 1.807) is 6.20 Å². The molecule has 0 atom stereocenters. The van der Waals surface area contributed by atoms with Gasteiger partial charge in [0.05, 0.1) is 5.02 Å². The normalized spacial score (nSPS) is 10.8. The molecule has 0 aliphatic heterocycles. The van der Waals surface area contributed by atoms with Crippen molar-refractivity contribution in [1.82, 2.24) is 4.98 Å². The van der Waals surface area contributed by atoms with Gasteiger partial charge in [0.2, 0.25) is 0 Å². The fraction of sp³-hybridized carbons (Fsp3) is 0.154. The van der Waals surface area contributed by atoms with Crippen LogP contribution in [-0.2, 0) is 10.0 Å². The molecule has 21 heavy (non-hydrogen) atoms. The van der Waals surface area contributed by atoms with Crippen LogP contribution in [0, 0.1) is 18.8 Å². The van der Waals surface area contributed by atoms with E-state index in [1.165, 1.54) is 29.5 Å². The maximum Gasteiger partial charge on any atom is 0.265 e. The van der Waals surface area contributed by atoms with Crippen LogP contribution >= 0.6 is 22.9 Å². The first-order chi connectivity index (χ1) is 9.92. The molecule has 1 aromatic heterocycles. The first-order valence-electron chi connectivity index (χ1n) is 5.77. The van der Waals surface area contributed by atoms with Crippen molar-refractivity contribution in [3.63, 3.8) is 0 Å². The number of aryl methyl sites for hydroxylation is 1. The zero-order valence-electron chi connectivity index (χ0n) is 10.9. The average Bonchev–Trinajstić information content (AvgIpc) is 2.80. The molecule has 0 saturated carbocycles. The number of benzene rings is 1. The van der Waals surface area contributed by atoms with Gasteiger partial charge >= 0.3 is 0 Å². The molecule has 0 saturated heterocycles. The SMILES string of the molecule is Cc1cnc(NS(=O)(=O)c2ccc(C#CCO)cc2Cl)s1. The molecule has 0 bridgehead atoms. The molecule has 5 nitrogen and oxygen atoms in total. The predicted molar refractivity (Wildman–Crippen MR) is 83.1 cm³/mol. The molecule has 0 fully saturated rings. The van der Waals surface area contributed by atoms with Crippen LogP contribution in [0.2, 0.25) is 5.02 Å². The third kappa shape index (κ3) is 3.95. The molecule has 8 heteroatoms. The number of sulfonamides is 1. The van der Waals surface area contributed by atoms with Gasteiger partial charge in [0.25, 0.3) is 10.0 Å². The second-order valence-electron chi connectivity index (χ2n) is 3.99. The van der Waals surface area contributed by atoms with E-state index in [2.05, 4.69) is 21.5 Å². The van der Waals surface area contributed by atoms with Crippen LogP contribution in [0.5, 0.6) is 0 Å². The van der Waals surface area contributed by atoms with Crippen molar-refractivity contribution in [1.29, 1.82) is 0 Å². The summed E-state index contributed by atoms with van der Waals surface area (Å²) in [5, 5.41) is 8.97. The van der Waals surface area contributed by atoms with Crippen molar-refractivity contribution in [3.05, 3.63) is 39.9 Å². The van der Waals surface area contributed by atoms with Crippen LogP contribution in [0.3, 0.4) is 0 Å². The van der Waals surface area contributed by atoms with Gasteiger partial charge in [-0.05, 0) is 25.1 Å². The summed E-state index contributed by atoms with van der Waals surface area (Å²) in [5.41, 5.74) is 0.526. The van der Waals surface area contributed by atoms with E-state index in [4.69, 9.17) is 16.7 Å². The highest BCUT2D eigenvalue weighted by Gasteiger charge is 2.19. The minimum Gasteiger partial charge on any atom is -0.384 e. The Morgan fingerprint density at radius 3 is 2.81 bits per heavy atom. The van der Waals surface area contributed by atoms with Gasteiger partial charge in [-0.15, -0.1) is 11.3 Å². The summed E-state index contributed by atoms with van der Waals surface area (Å²) in [7, 11) is -3.80. The smallest absolute Gasteiger partial charge is 0.265 e. The van der Waals surface area contributed by atoms with Crippen LogP contribution in [0.15, 0.2) is 29.3 Å². The predicted octanol–water partition coefficient (Wildman–Crippen LogP) is 2.25. The van der Waals surface area contributed by atoms with E-state index in [-0.39, 0.29) is 21.7 Å². The highest BCUT2D eigenvalue weighted by atomic mass is 35.5. The Balaban J connectivity index is 2.32. The standard InChI is InChI=1S/C13H11ClN2O3S2/c1-9-8-15-13(20-9)16-21(18,19)12-5-4-10(3-2-6-17)7-11(12)14/h4-5,7-8,17H,6H2,1H3,(H,15,16). The molecule has 2 aromatic rings. The summed E-state index contributed by atoms with van der Waals surface area (Å²) < 4.78 is 26.9. The monoisotopic (exact) mass is 342 g/mol. The van der Waals surface area contributed by atoms with E-state index in [0.29, 0.717) is 5.56 Å². The summed E-state index contributed by atoms with van der Waals surface area (Å²) >= 11 is 7.23. The average molecular weight is 343 g/mol. The van der Waals surface area contributed by atoms with E-state index in [0.717, 1.165) is 4.88 Å². The Morgan fingerprint density at radius 1 is 1.48 bits per heavy atom. The number of hydrogen-bond acceptors (Lipinski definition) is 5. The fourth-order valence-electron chi connectivity index (χ4n) is 1.51. The maximum atomic E-state index is 12.3. The highest BCUT2D eigenvalue weighted by molar-refractivity contribution is 7.93. The molecule has 2 rings (SSSR count). The largest absolute Gasteiger partial charge is 0.384 e. The number of aromatic nitrogens is 1. The number of rotatable bonds is 3. The number of thiazole rings is 1. The van der Waals surface area contributed by atoms with Gasteiger partial charge < -0.3 is 5.11 Å². The second-order valence-corrected chi connectivity index (χ2v) is 7.28. The van der Waals surface area contributed by atoms with E-state index < -0.39 is 10.0 Å². The van der Waals surface area contributed by atoms with Crippen molar-refractivity contribution >= 4 is 38.1 Å². The van der Waals surface area contributed by atoms with Gasteiger partial charge in [-0.25, -0.2) is 13.4 Å². The number of aliphatic hydroxyl groups is 1. The molecular formula is C13H11ClN2O3S2. The van der Waals surface area contributed by atoms with Gasteiger partial charge in [0.15, 0.2) is 5.13 Å². The van der Waals surface area contributed by atoms with Crippen LogP contribution in [-0.4, -0.2) is 25.1 Å². The minimum absolute atomic E-state index is 0.0495. The van der Waals surface area contributed by atoms with Crippen molar-refractivity contribution in [2.75, 3.05) is 11.3 Å². The lowest BCUT2D eigenvalue weighted by molar-refractivity contribution is 0.350. The Morgan fingerprint density at radius 2 is 2.24 bits per heavy atom.